The van der Waals surface area contributed by atoms with E-state index in [1.54, 1.807) is 24.4 Å². The molecule has 0 aliphatic carbocycles. The fraction of sp³-hybridized carbons (Fsp3) is 0.250. The van der Waals surface area contributed by atoms with Gasteiger partial charge in [0, 0.05) is 29.2 Å². The number of likely N-dealkylation sites (N-methyl/N-ethyl adjacent to an activating group) is 1. The van der Waals surface area contributed by atoms with E-state index in [0.717, 1.165) is 10.9 Å². The number of carbonyl (C=O) groups is 1. The summed E-state index contributed by atoms with van der Waals surface area (Å²) in [6.07, 6.45) is 1.76. The summed E-state index contributed by atoms with van der Waals surface area (Å²) in [4.78, 5) is 17.8. The van der Waals surface area contributed by atoms with Crippen molar-refractivity contribution in [2.45, 2.75) is 13.0 Å². The molecule has 0 saturated carbocycles. The Kier molecular flexibility index (Phi) is 5.14. The number of fused-ring (bicyclic) bond motifs is 1. The van der Waals surface area contributed by atoms with Crippen molar-refractivity contribution in [1.82, 2.24) is 9.88 Å². The lowest BCUT2D eigenvalue weighted by Crippen LogP contribution is -2.38. The molecule has 2 aromatic carbocycles. The highest BCUT2D eigenvalue weighted by Gasteiger charge is 2.22. The van der Waals surface area contributed by atoms with Gasteiger partial charge in [0.25, 0.3) is 0 Å². The highest BCUT2D eigenvalue weighted by molar-refractivity contribution is 6.10. The Hall–Kier alpha value is -2.66. The van der Waals surface area contributed by atoms with Crippen LogP contribution in [-0.4, -0.2) is 41.9 Å². The van der Waals surface area contributed by atoms with Gasteiger partial charge in [-0.15, -0.1) is 0 Å². The van der Waals surface area contributed by atoms with Gasteiger partial charge in [0.05, 0.1) is 6.04 Å². The number of ketones is 1. The molecule has 4 nitrogen and oxygen atoms in total. The van der Waals surface area contributed by atoms with Gasteiger partial charge in [-0.25, -0.2) is 4.39 Å². The van der Waals surface area contributed by atoms with Crippen LogP contribution in [0.2, 0.25) is 0 Å². The molecule has 1 atom stereocenters. The van der Waals surface area contributed by atoms with E-state index in [1.807, 2.05) is 43.1 Å². The molecule has 0 fully saturated rings. The quantitative estimate of drug-likeness (QED) is 0.664. The van der Waals surface area contributed by atoms with Crippen LogP contribution in [0.5, 0.6) is 5.75 Å². The molecule has 0 unspecified atom stereocenters. The summed E-state index contributed by atoms with van der Waals surface area (Å²) >= 11 is 0. The van der Waals surface area contributed by atoms with Crippen LogP contribution >= 0.6 is 0 Å². The Balaban J connectivity index is 1.61. The van der Waals surface area contributed by atoms with Crippen LogP contribution in [0.4, 0.5) is 4.39 Å². The van der Waals surface area contributed by atoms with Gasteiger partial charge in [0.2, 0.25) is 0 Å². The predicted molar refractivity (Wildman–Crippen MR) is 96.6 cm³/mol. The molecule has 3 aromatic rings. The van der Waals surface area contributed by atoms with E-state index >= 15 is 0 Å². The first-order valence-electron chi connectivity index (χ1n) is 8.26. The number of nitrogens with one attached hydrogen (secondary N) is 1. The minimum Gasteiger partial charge on any atom is -0.489 e. The van der Waals surface area contributed by atoms with Crippen LogP contribution in [0.3, 0.4) is 0 Å². The molecule has 25 heavy (non-hydrogen) atoms. The van der Waals surface area contributed by atoms with Crippen molar-refractivity contribution < 1.29 is 13.9 Å². The van der Waals surface area contributed by atoms with E-state index in [1.165, 1.54) is 6.07 Å². The standard InChI is InChI=1S/C20H21FN2O2/c1-14(20(24)16-13-22-18-9-5-3-7-15(16)18)23(2)11-12-25-19-10-6-4-8-17(19)21/h3-10,13-14,22H,11-12H2,1-2H3/t14-/m1/s1. The molecule has 130 valence electrons. The minimum absolute atomic E-state index is 0.0471. The average Bonchev–Trinajstić information content (AvgIpc) is 3.06. The van der Waals surface area contributed by atoms with Crippen molar-refractivity contribution in [3.63, 3.8) is 0 Å². The zero-order chi connectivity index (χ0) is 17.8. The maximum absolute atomic E-state index is 13.5. The molecule has 0 saturated heterocycles. The Labute approximate surface area is 146 Å². The number of benzene rings is 2. The lowest BCUT2D eigenvalue weighted by molar-refractivity contribution is 0.0854. The molecule has 0 radical (unpaired) electrons. The maximum atomic E-state index is 13.5. The number of ether oxygens (including phenoxy) is 1. The lowest BCUT2D eigenvalue weighted by Gasteiger charge is -2.23. The van der Waals surface area contributed by atoms with Crippen LogP contribution < -0.4 is 4.74 Å². The highest BCUT2D eigenvalue weighted by Crippen LogP contribution is 2.20. The molecule has 1 heterocycles. The number of aromatic nitrogens is 1. The summed E-state index contributed by atoms with van der Waals surface area (Å²) in [5.74, 6) is -0.106. The molecule has 0 amide bonds. The van der Waals surface area contributed by atoms with Gasteiger partial charge < -0.3 is 9.72 Å². The van der Waals surface area contributed by atoms with Gasteiger partial charge in [-0.1, -0.05) is 30.3 Å². The molecule has 0 bridgehead atoms. The summed E-state index contributed by atoms with van der Waals surface area (Å²) in [6.45, 7) is 2.69. The summed E-state index contributed by atoms with van der Waals surface area (Å²) in [7, 11) is 1.86. The predicted octanol–water partition coefficient (Wildman–Crippen LogP) is 3.89. The molecular weight excluding hydrogens is 319 g/mol. The first kappa shape index (κ1) is 17.2. The number of para-hydroxylation sites is 2. The lowest BCUT2D eigenvalue weighted by atomic mass is 10.0. The number of hydrogen-bond acceptors (Lipinski definition) is 3. The van der Waals surface area contributed by atoms with Crippen molar-refractivity contribution in [3.05, 3.63) is 66.1 Å². The number of carbonyl (C=O) groups excluding carboxylic acids is 1. The maximum Gasteiger partial charge on any atom is 0.181 e. The first-order valence-corrected chi connectivity index (χ1v) is 8.26. The molecule has 0 spiro atoms. The normalized spacial score (nSPS) is 12.5. The third-order valence-corrected chi connectivity index (χ3v) is 4.43. The Morgan fingerprint density at radius 2 is 1.92 bits per heavy atom. The van der Waals surface area contributed by atoms with Crippen LogP contribution in [0, 0.1) is 5.82 Å². The zero-order valence-corrected chi connectivity index (χ0v) is 14.3. The SMILES string of the molecule is C[C@H](C(=O)c1c[nH]c2ccccc12)N(C)CCOc1ccccc1F. The van der Waals surface area contributed by atoms with Gasteiger partial charge in [0.15, 0.2) is 17.3 Å². The number of H-pyrrole nitrogens is 1. The van der Waals surface area contributed by atoms with E-state index in [-0.39, 0.29) is 23.4 Å². The molecule has 0 aliphatic rings. The smallest absolute Gasteiger partial charge is 0.181 e. The molecule has 1 N–H and O–H groups in total. The fourth-order valence-electron chi connectivity index (χ4n) is 2.76. The second-order valence-corrected chi connectivity index (χ2v) is 6.05. The van der Waals surface area contributed by atoms with Crippen LogP contribution in [0.1, 0.15) is 17.3 Å². The van der Waals surface area contributed by atoms with E-state index in [2.05, 4.69) is 4.98 Å². The monoisotopic (exact) mass is 340 g/mol. The van der Waals surface area contributed by atoms with Gasteiger partial charge in [0.1, 0.15) is 6.61 Å². The second kappa shape index (κ2) is 7.49. The van der Waals surface area contributed by atoms with Gasteiger partial charge >= 0.3 is 0 Å². The van der Waals surface area contributed by atoms with Crippen molar-refractivity contribution in [1.29, 1.82) is 0 Å². The number of Topliss-reactive ketones (excluding diaryl/α,β-unsaturated/α-hetero) is 1. The minimum atomic E-state index is -0.381. The van der Waals surface area contributed by atoms with E-state index in [4.69, 9.17) is 4.74 Å². The van der Waals surface area contributed by atoms with Crippen molar-refractivity contribution in [3.8, 4) is 5.75 Å². The summed E-state index contributed by atoms with van der Waals surface area (Å²) in [6, 6.07) is 13.7. The highest BCUT2D eigenvalue weighted by atomic mass is 19.1. The Bertz CT molecular complexity index is 875. The van der Waals surface area contributed by atoms with Crippen molar-refractivity contribution >= 4 is 16.7 Å². The average molecular weight is 340 g/mol. The van der Waals surface area contributed by atoms with E-state index in [9.17, 15) is 9.18 Å². The van der Waals surface area contributed by atoms with Crippen molar-refractivity contribution in [2.24, 2.45) is 0 Å². The van der Waals surface area contributed by atoms with Crippen LogP contribution in [0.25, 0.3) is 10.9 Å². The number of nitrogens with zero attached hydrogens (tertiary/aromatic N) is 1. The van der Waals surface area contributed by atoms with Crippen LogP contribution in [0.15, 0.2) is 54.7 Å². The summed E-state index contributed by atoms with van der Waals surface area (Å²) < 4.78 is 19.0. The molecule has 0 aliphatic heterocycles. The topological polar surface area (TPSA) is 45.3 Å². The Morgan fingerprint density at radius 1 is 1.20 bits per heavy atom. The van der Waals surface area contributed by atoms with Crippen molar-refractivity contribution in [2.75, 3.05) is 20.2 Å². The van der Waals surface area contributed by atoms with Crippen LogP contribution in [-0.2, 0) is 0 Å². The molecule has 3 rings (SSSR count). The van der Waals surface area contributed by atoms with E-state index in [0.29, 0.717) is 18.7 Å². The first-order chi connectivity index (χ1) is 12.1. The number of aromatic amines is 1. The number of rotatable bonds is 7. The summed E-state index contributed by atoms with van der Waals surface area (Å²) in [5.41, 5.74) is 1.63. The Morgan fingerprint density at radius 3 is 2.72 bits per heavy atom. The third-order valence-electron chi connectivity index (χ3n) is 4.43. The van der Waals surface area contributed by atoms with Gasteiger partial charge in [-0.05, 0) is 32.2 Å². The van der Waals surface area contributed by atoms with Gasteiger partial charge in [-0.3, -0.25) is 9.69 Å². The fourth-order valence-corrected chi connectivity index (χ4v) is 2.76. The van der Waals surface area contributed by atoms with Gasteiger partial charge in [-0.2, -0.15) is 0 Å². The van der Waals surface area contributed by atoms with E-state index < -0.39 is 0 Å². The molecular formula is C20H21FN2O2. The zero-order valence-electron chi connectivity index (χ0n) is 14.3. The third kappa shape index (κ3) is 3.72. The summed E-state index contributed by atoms with van der Waals surface area (Å²) in [5, 5.41) is 0.926. The number of hydrogen-bond donors (Lipinski definition) is 1. The largest absolute Gasteiger partial charge is 0.489 e. The second-order valence-electron chi connectivity index (χ2n) is 6.05. The number of halogens is 1. The molecule has 1 aromatic heterocycles. The molecule has 5 heteroatoms.